The van der Waals surface area contributed by atoms with Gasteiger partial charge < -0.3 is 15.5 Å². The Bertz CT molecular complexity index is 1150. The smallest absolute Gasteiger partial charge is 0.318 e. The molecule has 3 heterocycles. The van der Waals surface area contributed by atoms with Crippen LogP contribution in [0.1, 0.15) is 42.5 Å². The predicted molar refractivity (Wildman–Crippen MR) is 128 cm³/mol. The SMILES string of the molecule is CC(C)Cc1ncc2c(n1)CN(C(=O)N[C@H](CNc1ccncn1)c1ccc(F)c(Cl)c1)CC2. The zero-order chi connectivity index (χ0) is 24.1. The van der Waals surface area contributed by atoms with Crippen LogP contribution in [-0.4, -0.2) is 44.0 Å². The Hall–Kier alpha value is -3.33. The first kappa shape index (κ1) is 23.8. The van der Waals surface area contributed by atoms with Crippen LogP contribution in [0.15, 0.2) is 43.0 Å². The van der Waals surface area contributed by atoms with Gasteiger partial charge in [0.15, 0.2) is 0 Å². The summed E-state index contributed by atoms with van der Waals surface area (Å²) in [4.78, 5) is 32.2. The number of nitrogens with one attached hydrogen (secondary N) is 2. The molecule has 0 spiro atoms. The van der Waals surface area contributed by atoms with Gasteiger partial charge in [0.25, 0.3) is 0 Å². The number of anilines is 1. The van der Waals surface area contributed by atoms with E-state index >= 15 is 0 Å². The lowest BCUT2D eigenvalue weighted by molar-refractivity contribution is 0.187. The summed E-state index contributed by atoms with van der Waals surface area (Å²) >= 11 is 6.01. The fourth-order valence-electron chi connectivity index (χ4n) is 3.80. The van der Waals surface area contributed by atoms with Crippen molar-refractivity contribution in [1.82, 2.24) is 30.2 Å². The minimum Gasteiger partial charge on any atom is -0.368 e. The zero-order valence-electron chi connectivity index (χ0n) is 19.1. The van der Waals surface area contributed by atoms with Gasteiger partial charge in [-0.1, -0.05) is 31.5 Å². The number of carbonyl (C=O) groups is 1. The van der Waals surface area contributed by atoms with Crippen molar-refractivity contribution in [2.45, 2.75) is 39.3 Å². The monoisotopic (exact) mass is 483 g/mol. The molecule has 3 aromatic rings. The lowest BCUT2D eigenvalue weighted by Crippen LogP contribution is -2.45. The van der Waals surface area contributed by atoms with E-state index in [1.54, 1.807) is 23.2 Å². The Morgan fingerprint density at radius 3 is 2.85 bits per heavy atom. The third-order valence-electron chi connectivity index (χ3n) is 5.59. The molecule has 1 atom stereocenters. The van der Waals surface area contributed by atoms with E-state index in [-0.39, 0.29) is 11.1 Å². The van der Waals surface area contributed by atoms with Gasteiger partial charge in [-0.15, -0.1) is 0 Å². The van der Waals surface area contributed by atoms with Crippen molar-refractivity contribution in [1.29, 1.82) is 0 Å². The van der Waals surface area contributed by atoms with Crippen LogP contribution < -0.4 is 10.6 Å². The van der Waals surface area contributed by atoms with Crippen molar-refractivity contribution in [2.24, 2.45) is 5.92 Å². The van der Waals surface area contributed by atoms with E-state index in [0.29, 0.717) is 43.4 Å². The summed E-state index contributed by atoms with van der Waals surface area (Å²) in [5.74, 6) is 1.35. The molecule has 4 rings (SSSR count). The first-order valence-corrected chi connectivity index (χ1v) is 11.6. The molecule has 34 heavy (non-hydrogen) atoms. The van der Waals surface area contributed by atoms with Gasteiger partial charge in [-0.3, -0.25) is 0 Å². The molecule has 1 aromatic carbocycles. The number of urea groups is 1. The van der Waals surface area contributed by atoms with Crippen LogP contribution in [0.4, 0.5) is 15.0 Å². The van der Waals surface area contributed by atoms with Gasteiger partial charge in [-0.25, -0.2) is 29.1 Å². The van der Waals surface area contributed by atoms with Crippen molar-refractivity contribution >= 4 is 23.4 Å². The molecule has 2 aromatic heterocycles. The van der Waals surface area contributed by atoms with Crippen LogP contribution in [0.2, 0.25) is 5.02 Å². The van der Waals surface area contributed by atoms with Crippen LogP contribution in [0.5, 0.6) is 0 Å². The van der Waals surface area contributed by atoms with Gasteiger partial charge in [0.2, 0.25) is 0 Å². The molecule has 10 heteroatoms. The van der Waals surface area contributed by atoms with Crippen LogP contribution in [0.3, 0.4) is 0 Å². The summed E-state index contributed by atoms with van der Waals surface area (Å²) < 4.78 is 13.7. The van der Waals surface area contributed by atoms with E-state index in [0.717, 1.165) is 23.5 Å². The van der Waals surface area contributed by atoms with Crippen LogP contribution in [0, 0.1) is 11.7 Å². The van der Waals surface area contributed by atoms with Gasteiger partial charge in [-0.05, 0) is 41.7 Å². The van der Waals surface area contributed by atoms with Gasteiger partial charge in [0.1, 0.15) is 23.8 Å². The highest BCUT2D eigenvalue weighted by Crippen LogP contribution is 2.23. The largest absolute Gasteiger partial charge is 0.368 e. The highest BCUT2D eigenvalue weighted by molar-refractivity contribution is 6.30. The molecule has 2 amide bonds. The van der Waals surface area contributed by atoms with E-state index < -0.39 is 11.9 Å². The van der Waals surface area contributed by atoms with Crippen molar-refractivity contribution in [2.75, 3.05) is 18.4 Å². The molecule has 2 N–H and O–H groups in total. The first-order valence-electron chi connectivity index (χ1n) is 11.2. The lowest BCUT2D eigenvalue weighted by Gasteiger charge is -2.30. The number of carbonyl (C=O) groups excluding carboxylic acids is 1. The Kier molecular flexibility index (Phi) is 7.52. The summed E-state index contributed by atoms with van der Waals surface area (Å²) in [6.45, 7) is 5.54. The fraction of sp³-hybridized carbons (Fsp3) is 0.375. The Morgan fingerprint density at radius 1 is 1.26 bits per heavy atom. The van der Waals surface area contributed by atoms with Crippen LogP contribution in [-0.2, 0) is 19.4 Å². The van der Waals surface area contributed by atoms with Crippen LogP contribution in [0.25, 0.3) is 0 Å². The van der Waals surface area contributed by atoms with Gasteiger partial charge in [0, 0.05) is 31.9 Å². The molecule has 0 aliphatic carbocycles. The summed E-state index contributed by atoms with van der Waals surface area (Å²) in [5.41, 5.74) is 2.64. The average molecular weight is 484 g/mol. The van der Waals surface area contributed by atoms with Crippen molar-refractivity contribution in [3.05, 3.63) is 76.5 Å². The molecule has 0 unspecified atom stereocenters. The van der Waals surface area contributed by atoms with Gasteiger partial charge in [0.05, 0.1) is 23.3 Å². The highest BCUT2D eigenvalue weighted by Gasteiger charge is 2.25. The highest BCUT2D eigenvalue weighted by atomic mass is 35.5. The number of hydrogen-bond acceptors (Lipinski definition) is 6. The minimum atomic E-state index is -0.510. The standard InChI is InChI=1S/C24H27ClFN7O/c1-15(2)9-23-28-11-17-6-8-33(13-21(17)31-23)24(34)32-20(12-29-22-5-7-27-14-30-22)16-3-4-19(26)18(25)10-16/h3-5,7,10-11,14-15,20H,6,8-9,12-13H2,1-2H3,(H,32,34)(H,27,29,30)/t20-/m1/s1. The van der Waals surface area contributed by atoms with Gasteiger partial charge >= 0.3 is 6.03 Å². The van der Waals surface area contributed by atoms with Gasteiger partial charge in [-0.2, -0.15) is 0 Å². The summed E-state index contributed by atoms with van der Waals surface area (Å²) in [6, 6.07) is 5.47. The molecule has 0 fully saturated rings. The second kappa shape index (κ2) is 10.7. The topological polar surface area (TPSA) is 95.9 Å². The summed E-state index contributed by atoms with van der Waals surface area (Å²) in [6.07, 6.45) is 6.42. The molecule has 8 nitrogen and oxygen atoms in total. The molecule has 1 aliphatic rings. The third-order valence-corrected chi connectivity index (χ3v) is 5.88. The van der Waals surface area contributed by atoms with Crippen molar-refractivity contribution < 1.29 is 9.18 Å². The third kappa shape index (κ3) is 5.96. The molecule has 0 radical (unpaired) electrons. The molecule has 1 aliphatic heterocycles. The quantitative estimate of drug-likeness (QED) is 0.523. The molecule has 0 saturated heterocycles. The van der Waals surface area contributed by atoms with Crippen molar-refractivity contribution in [3.63, 3.8) is 0 Å². The Balaban J connectivity index is 1.49. The number of fused-ring (bicyclic) bond motifs is 1. The summed E-state index contributed by atoms with van der Waals surface area (Å²) in [5, 5.41) is 6.24. The Labute approximate surface area is 203 Å². The molecular weight excluding hydrogens is 457 g/mol. The molecule has 0 saturated carbocycles. The Morgan fingerprint density at radius 2 is 2.12 bits per heavy atom. The number of benzene rings is 1. The van der Waals surface area contributed by atoms with Crippen molar-refractivity contribution in [3.8, 4) is 0 Å². The second-order valence-electron chi connectivity index (χ2n) is 8.68. The van der Waals surface area contributed by atoms with Crippen LogP contribution >= 0.6 is 11.6 Å². The molecular formula is C24H27ClFN7O. The number of rotatable bonds is 7. The molecule has 0 bridgehead atoms. The number of aromatic nitrogens is 4. The van der Waals surface area contributed by atoms with E-state index in [4.69, 9.17) is 16.6 Å². The number of amides is 2. The normalized spacial score (nSPS) is 14.0. The van der Waals surface area contributed by atoms with E-state index in [1.165, 1.54) is 18.5 Å². The number of nitrogens with zero attached hydrogens (tertiary/aromatic N) is 5. The average Bonchev–Trinajstić information content (AvgIpc) is 2.83. The second-order valence-corrected chi connectivity index (χ2v) is 9.09. The maximum atomic E-state index is 13.7. The first-order chi connectivity index (χ1) is 16.4. The zero-order valence-corrected chi connectivity index (χ0v) is 19.9. The maximum absolute atomic E-state index is 13.7. The fourth-order valence-corrected chi connectivity index (χ4v) is 3.99. The predicted octanol–water partition coefficient (Wildman–Crippen LogP) is 4.18. The number of halogens is 2. The number of hydrogen-bond donors (Lipinski definition) is 2. The van der Waals surface area contributed by atoms with E-state index in [9.17, 15) is 9.18 Å². The minimum absolute atomic E-state index is 0.0000619. The van der Waals surface area contributed by atoms with E-state index in [2.05, 4.69) is 39.4 Å². The van der Waals surface area contributed by atoms with E-state index in [1.807, 2.05) is 6.20 Å². The summed E-state index contributed by atoms with van der Waals surface area (Å²) in [7, 11) is 0. The maximum Gasteiger partial charge on any atom is 0.318 e. The lowest BCUT2D eigenvalue weighted by atomic mass is 10.1. The molecule has 178 valence electrons.